The topological polar surface area (TPSA) is 78.0 Å². The predicted molar refractivity (Wildman–Crippen MR) is 114 cm³/mol. The quantitative estimate of drug-likeness (QED) is 0.467. The molecule has 0 unspecified atom stereocenters. The molecule has 148 valence electrons. The Balaban J connectivity index is 1.43. The summed E-state index contributed by atoms with van der Waals surface area (Å²) in [6.07, 6.45) is 4.36. The summed E-state index contributed by atoms with van der Waals surface area (Å²) in [5.74, 6) is 0.541. The lowest BCUT2D eigenvalue weighted by Crippen LogP contribution is -2.17. The molecular weight excluding hydrogens is 404 g/mol. The maximum atomic E-state index is 12.7. The fourth-order valence-electron chi connectivity index (χ4n) is 3.86. The number of tetrazole rings is 1. The van der Waals surface area contributed by atoms with Crippen LogP contribution in [0.25, 0.3) is 10.6 Å². The Hall–Kier alpha value is -2.52. The third-order valence-corrected chi connectivity index (χ3v) is 7.15. The molecule has 9 heteroatoms. The van der Waals surface area contributed by atoms with E-state index in [1.807, 2.05) is 0 Å². The number of aromatic nitrogens is 6. The van der Waals surface area contributed by atoms with Gasteiger partial charge in [-0.3, -0.25) is 9.20 Å². The summed E-state index contributed by atoms with van der Waals surface area (Å²) in [6.45, 7) is 4.11. The minimum atomic E-state index is 0.0129. The van der Waals surface area contributed by atoms with Crippen LogP contribution in [0, 0.1) is 13.8 Å². The first-order valence-electron chi connectivity index (χ1n) is 9.61. The zero-order valence-corrected chi connectivity index (χ0v) is 17.9. The first-order chi connectivity index (χ1) is 14.1. The summed E-state index contributed by atoms with van der Waals surface area (Å²) in [6, 6.07) is 7.88. The van der Waals surface area contributed by atoms with Gasteiger partial charge in [-0.1, -0.05) is 17.8 Å². The maximum absolute atomic E-state index is 12.7. The van der Waals surface area contributed by atoms with E-state index < -0.39 is 0 Å². The lowest BCUT2D eigenvalue weighted by Gasteiger charge is -2.10. The van der Waals surface area contributed by atoms with Gasteiger partial charge >= 0.3 is 0 Å². The number of nitrogens with zero attached hydrogens (tertiary/aromatic N) is 6. The molecule has 7 nitrogen and oxygen atoms in total. The fourth-order valence-corrected chi connectivity index (χ4v) is 5.87. The molecule has 0 spiro atoms. The fraction of sp³-hybridized carbons (Fsp3) is 0.350. The Morgan fingerprint density at radius 2 is 1.90 bits per heavy atom. The van der Waals surface area contributed by atoms with Crippen LogP contribution in [0.15, 0.2) is 34.2 Å². The van der Waals surface area contributed by atoms with Crippen LogP contribution in [0.2, 0.25) is 0 Å². The Morgan fingerprint density at radius 3 is 2.72 bits per heavy atom. The summed E-state index contributed by atoms with van der Waals surface area (Å²) in [4.78, 5) is 19.6. The van der Waals surface area contributed by atoms with Crippen LogP contribution in [-0.4, -0.2) is 29.6 Å². The van der Waals surface area contributed by atoms with Gasteiger partial charge in [0.15, 0.2) is 4.96 Å². The van der Waals surface area contributed by atoms with Crippen molar-refractivity contribution in [2.75, 3.05) is 0 Å². The molecule has 1 aliphatic carbocycles. The molecule has 1 aliphatic rings. The molecule has 0 saturated heterocycles. The van der Waals surface area contributed by atoms with Crippen LogP contribution in [0.5, 0.6) is 0 Å². The first kappa shape index (κ1) is 18.5. The number of aryl methyl sites for hydroxylation is 4. The van der Waals surface area contributed by atoms with Gasteiger partial charge in [-0.05, 0) is 73.2 Å². The largest absolute Gasteiger partial charge is 0.269 e. The Labute approximate surface area is 175 Å². The van der Waals surface area contributed by atoms with E-state index in [4.69, 9.17) is 4.98 Å². The number of benzene rings is 1. The molecule has 3 heterocycles. The van der Waals surface area contributed by atoms with Crippen molar-refractivity contribution in [1.82, 2.24) is 29.6 Å². The van der Waals surface area contributed by atoms with E-state index >= 15 is 0 Å². The highest BCUT2D eigenvalue weighted by atomic mass is 32.2. The lowest BCUT2D eigenvalue weighted by atomic mass is 10.0. The SMILES string of the molecule is Cc1cc(C)cc(-n2nnnc2SCc2cc(=O)n3c4c(sc3n2)CCCC4)c1. The van der Waals surface area contributed by atoms with Crippen molar-refractivity contribution < 1.29 is 0 Å². The summed E-state index contributed by atoms with van der Waals surface area (Å²) < 4.78 is 3.53. The summed E-state index contributed by atoms with van der Waals surface area (Å²) in [5.41, 5.74) is 5.19. The Bertz CT molecular complexity index is 1250. The van der Waals surface area contributed by atoms with Crippen LogP contribution >= 0.6 is 23.1 Å². The van der Waals surface area contributed by atoms with Crippen molar-refractivity contribution in [2.24, 2.45) is 0 Å². The first-order valence-corrected chi connectivity index (χ1v) is 11.4. The zero-order valence-electron chi connectivity index (χ0n) is 16.3. The van der Waals surface area contributed by atoms with Gasteiger partial charge in [-0.2, -0.15) is 4.68 Å². The van der Waals surface area contributed by atoms with E-state index in [0.717, 1.165) is 52.4 Å². The Morgan fingerprint density at radius 1 is 1.10 bits per heavy atom. The van der Waals surface area contributed by atoms with Gasteiger partial charge in [-0.15, -0.1) is 16.4 Å². The molecule has 0 aliphatic heterocycles. The molecule has 0 saturated carbocycles. The third kappa shape index (κ3) is 3.49. The lowest BCUT2D eigenvalue weighted by molar-refractivity contribution is 0.670. The molecule has 3 aromatic heterocycles. The standard InChI is InChI=1S/C20H20N6OS2/c1-12-7-13(2)9-15(8-12)26-20(22-23-24-26)28-11-14-10-18(27)25-16-5-3-4-6-17(16)29-19(25)21-14/h7-10H,3-6,11H2,1-2H3. The summed E-state index contributed by atoms with van der Waals surface area (Å²) in [5, 5.41) is 12.8. The molecule has 1 aromatic carbocycles. The molecule has 29 heavy (non-hydrogen) atoms. The number of rotatable bonds is 4. The highest BCUT2D eigenvalue weighted by molar-refractivity contribution is 7.98. The van der Waals surface area contributed by atoms with Gasteiger partial charge in [0, 0.05) is 22.4 Å². The average molecular weight is 425 g/mol. The summed E-state index contributed by atoms with van der Waals surface area (Å²) in [7, 11) is 0. The Kier molecular flexibility index (Phi) is 4.71. The average Bonchev–Trinajstić information content (AvgIpc) is 3.30. The van der Waals surface area contributed by atoms with Crippen molar-refractivity contribution in [3.8, 4) is 5.69 Å². The second-order valence-corrected chi connectivity index (χ2v) is 9.40. The maximum Gasteiger partial charge on any atom is 0.259 e. The van der Waals surface area contributed by atoms with Gasteiger partial charge in [-0.25, -0.2) is 4.98 Å². The molecule has 0 N–H and O–H groups in total. The number of thiazole rings is 1. The van der Waals surface area contributed by atoms with E-state index in [1.165, 1.54) is 23.1 Å². The van der Waals surface area contributed by atoms with Crippen LogP contribution in [0.1, 0.15) is 40.2 Å². The highest BCUT2D eigenvalue weighted by Gasteiger charge is 2.19. The zero-order chi connectivity index (χ0) is 20.0. The second kappa shape index (κ2) is 7.38. The summed E-state index contributed by atoms with van der Waals surface area (Å²) >= 11 is 3.14. The molecule has 0 fully saturated rings. The molecule has 0 atom stereocenters. The van der Waals surface area contributed by atoms with Crippen molar-refractivity contribution >= 4 is 28.1 Å². The van der Waals surface area contributed by atoms with E-state index in [2.05, 4.69) is 47.6 Å². The van der Waals surface area contributed by atoms with Gasteiger partial charge in [0.25, 0.3) is 5.56 Å². The third-order valence-electron chi connectivity index (χ3n) is 5.06. The van der Waals surface area contributed by atoms with E-state index in [1.54, 1.807) is 26.5 Å². The van der Waals surface area contributed by atoms with Crippen molar-refractivity contribution in [2.45, 2.75) is 50.4 Å². The molecule has 5 rings (SSSR count). The molecule has 4 aromatic rings. The number of hydrogen-bond acceptors (Lipinski definition) is 7. The number of fused-ring (bicyclic) bond motifs is 3. The van der Waals surface area contributed by atoms with Crippen molar-refractivity contribution in [3.05, 3.63) is 62.0 Å². The number of thioether (sulfide) groups is 1. The van der Waals surface area contributed by atoms with Crippen molar-refractivity contribution in [1.29, 1.82) is 0 Å². The van der Waals surface area contributed by atoms with Crippen LogP contribution in [-0.2, 0) is 18.6 Å². The van der Waals surface area contributed by atoms with Crippen molar-refractivity contribution in [3.63, 3.8) is 0 Å². The highest BCUT2D eigenvalue weighted by Crippen LogP contribution is 2.29. The predicted octanol–water partition coefficient (Wildman–Crippen LogP) is 3.52. The monoisotopic (exact) mass is 424 g/mol. The second-order valence-electron chi connectivity index (χ2n) is 7.39. The molecule has 0 radical (unpaired) electrons. The van der Waals surface area contributed by atoms with E-state index in [0.29, 0.717) is 10.9 Å². The molecule has 0 bridgehead atoms. The minimum absolute atomic E-state index is 0.0129. The number of hydrogen-bond donors (Lipinski definition) is 0. The van der Waals surface area contributed by atoms with Crippen LogP contribution < -0.4 is 5.56 Å². The van der Waals surface area contributed by atoms with E-state index in [-0.39, 0.29) is 5.56 Å². The smallest absolute Gasteiger partial charge is 0.259 e. The van der Waals surface area contributed by atoms with Gasteiger partial charge in [0.05, 0.1) is 11.4 Å². The molecular formula is C20H20N6OS2. The minimum Gasteiger partial charge on any atom is -0.269 e. The van der Waals surface area contributed by atoms with Gasteiger partial charge < -0.3 is 0 Å². The normalized spacial score (nSPS) is 13.7. The van der Waals surface area contributed by atoms with E-state index in [9.17, 15) is 4.79 Å². The van der Waals surface area contributed by atoms with Crippen LogP contribution in [0.3, 0.4) is 0 Å². The van der Waals surface area contributed by atoms with Crippen LogP contribution in [0.4, 0.5) is 0 Å². The van der Waals surface area contributed by atoms with Gasteiger partial charge in [0.1, 0.15) is 0 Å². The van der Waals surface area contributed by atoms with Gasteiger partial charge in [0.2, 0.25) is 5.16 Å². The molecule has 0 amide bonds.